The molecule has 1 N–H and O–H groups in total. The molecule has 124 valence electrons. The molecule has 5 nitrogen and oxygen atoms in total. The molecule has 0 unspecified atom stereocenters. The first-order valence-corrected chi connectivity index (χ1v) is 8.17. The van der Waals surface area contributed by atoms with Crippen molar-refractivity contribution in [1.82, 2.24) is 20.1 Å². The highest BCUT2D eigenvalue weighted by Crippen LogP contribution is 2.23. The largest absolute Gasteiger partial charge is 0.468 e. The van der Waals surface area contributed by atoms with E-state index >= 15 is 0 Å². The molecule has 0 radical (unpaired) electrons. The van der Waals surface area contributed by atoms with E-state index in [9.17, 15) is 0 Å². The van der Waals surface area contributed by atoms with Crippen LogP contribution in [0.5, 0.6) is 0 Å². The molecular weight excluding hydrogens is 312 g/mol. The fraction of sp³-hybridized carbons (Fsp3) is 0.100. The molecule has 0 atom stereocenters. The van der Waals surface area contributed by atoms with E-state index in [1.807, 2.05) is 59.3 Å². The summed E-state index contributed by atoms with van der Waals surface area (Å²) in [4.78, 5) is 4.10. The quantitative estimate of drug-likeness (QED) is 0.584. The van der Waals surface area contributed by atoms with Crippen molar-refractivity contribution in [2.24, 2.45) is 0 Å². The van der Waals surface area contributed by atoms with Crippen LogP contribution in [0.3, 0.4) is 0 Å². The van der Waals surface area contributed by atoms with E-state index < -0.39 is 0 Å². The third kappa shape index (κ3) is 3.51. The number of nitrogens with zero attached hydrogens (tertiary/aromatic N) is 3. The molecule has 4 aromatic rings. The Kier molecular flexibility index (Phi) is 4.39. The van der Waals surface area contributed by atoms with Crippen LogP contribution >= 0.6 is 0 Å². The minimum absolute atomic E-state index is 0.680. The second kappa shape index (κ2) is 7.15. The van der Waals surface area contributed by atoms with Gasteiger partial charge in [-0.2, -0.15) is 5.10 Å². The summed E-state index contributed by atoms with van der Waals surface area (Å²) in [6.45, 7) is 1.38. The fourth-order valence-electron chi connectivity index (χ4n) is 2.74. The lowest BCUT2D eigenvalue weighted by molar-refractivity contribution is 0.483. The summed E-state index contributed by atoms with van der Waals surface area (Å²) in [7, 11) is 0. The van der Waals surface area contributed by atoms with Crippen molar-refractivity contribution in [3.05, 3.63) is 90.8 Å². The van der Waals surface area contributed by atoms with Crippen molar-refractivity contribution < 1.29 is 4.42 Å². The van der Waals surface area contributed by atoms with Gasteiger partial charge in [-0.25, -0.2) is 4.68 Å². The first kappa shape index (κ1) is 15.4. The second-order valence-corrected chi connectivity index (χ2v) is 5.70. The Bertz CT molecular complexity index is 915. The molecule has 0 fully saturated rings. The number of furan rings is 1. The number of benzene rings is 1. The first-order chi connectivity index (χ1) is 12.4. The van der Waals surface area contributed by atoms with Gasteiger partial charge in [0.05, 0.1) is 24.2 Å². The van der Waals surface area contributed by atoms with Crippen LogP contribution in [0.1, 0.15) is 11.3 Å². The lowest BCUT2D eigenvalue weighted by Crippen LogP contribution is -2.12. The van der Waals surface area contributed by atoms with E-state index in [1.165, 1.54) is 0 Å². The van der Waals surface area contributed by atoms with Crippen molar-refractivity contribution in [3.8, 4) is 16.9 Å². The fourth-order valence-corrected chi connectivity index (χ4v) is 2.74. The van der Waals surface area contributed by atoms with E-state index in [0.717, 1.165) is 28.3 Å². The van der Waals surface area contributed by atoms with Gasteiger partial charge in [-0.3, -0.25) is 4.98 Å². The van der Waals surface area contributed by atoms with Crippen LogP contribution in [0.4, 0.5) is 0 Å². The summed E-state index contributed by atoms with van der Waals surface area (Å²) < 4.78 is 7.29. The maximum absolute atomic E-state index is 5.37. The summed E-state index contributed by atoms with van der Waals surface area (Å²) in [5.41, 5.74) is 4.18. The number of pyridine rings is 1. The molecule has 0 aliphatic rings. The van der Waals surface area contributed by atoms with Gasteiger partial charge in [0.15, 0.2) is 0 Å². The topological polar surface area (TPSA) is 55.9 Å². The van der Waals surface area contributed by atoms with Gasteiger partial charge in [0, 0.05) is 36.3 Å². The summed E-state index contributed by atoms with van der Waals surface area (Å²) in [5, 5.41) is 8.21. The van der Waals surface area contributed by atoms with Crippen LogP contribution in [0.25, 0.3) is 16.9 Å². The molecule has 1 aromatic carbocycles. The molecule has 0 spiro atoms. The van der Waals surface area contributed by atoms with Crippen molar-refractivity contribution in [3.63, 3.8) is 0 Å². The maximum atomic E-state index is 5.37. The molecular formula is C20H18N4O. The van der Waals surface area contributed by atoms with E-state index in [4.69, 9.17) is 9.52 Å². The average molecular weight is 330 g/mol. The first-order valence-electron chi connectivity index (χ1n) is 8.17. The zero-order valence-electron chi connectivity index (χ0n) is 13.7. The highest BCUT2D eigenvalue weighted by molar-refractivity contribution is 5.62. The molecule has 0 aliphatic carbocycles. The van der Waals surface area contributed by atoms with E-state index in [1.54, 1.807) is 18.7 Å². The summed E-state index contributed by atoms with van der Waals surface area (Å²) in [6, 6.07) is 17.9. The molecule has 4 rings (SSSR count). The minimum Gasteiger partial charge on any atom is -0.468 e. The smallest absolute Gasteiger partial charge is 0.117 e. The molecule has 3 aromatic heterocycles. The van der Waals surface area contributed by atoms with Gasteiger partial charge in [0.1, 0.15) is 5.76 Å². The van der Waals surface area contributed by atoms with Crippen LogP contribution in [0.2, 0.25) is 0 Å². The van der Waals surface area contributed by atoms with Crippen LogP contribution in [-0.2, 0) is 13.1 Å². The van der Waals surface area contributed by atoms with E-state index in [0.29, 0.717) is 13.1 Å². The van der Waals surface area contributed by atoms with Gasteiger partial charge in [-0.15, -0.1) is 0 Å². The maximum Gasteiger partial charge on any atom is 0.117 e. The molecule has 0 saturated heterocycles. The predicted molar refractivity (Wildman–Crippen MR) is 96.0 cm³/mol. The Hall–Kier alpha value is -3.18. The summed E-state index contributed by atoms with van der Waals surface area (Å²) in [5.74, 6) is 0.918. The van der Waals surface area contributed by atoms with Crippen molar-refractivity contribution in [2.75, 3.05) is 0 Å². The van der Waals surface area contributed by atoms with E-state index in [-0.39, 0.29) is 0 Å². The lowest BCUT2D eigenvalue weighted by Gasteiger charge is -2.03. The standard InChI is InChI=1S/C20H18N4O/c1-2-5-18(6-3-1)24-15-17(13-22-14-19-7-4-12-25-19)20(23-24)16-8-10-21-11-9-16/h1-12,15,22H,13-14H2. The zero-order chi connectivity index (χ0) is 16.9. The van der Waals surface area contributed by atoms with Gasteiger partial charge in [0.25, 0.3) is 0 Å². The van der Waals surface area contributed by atoms with Gasteiger partial charge >= 0.3 is 0 Å². The van der Waals surface area contributed by atoms with Crippen molar-refractivity contribution in [1.29, 1.82) is 0 Å². The van der Waals surface area contributed by atoms with Crippen molar-refractivity contribution in [2.45, 2.75) is 13.1 Å². The molecule has 0 aliphatic heterocycles. The van der Waals surface area contributed by atoms with Crippen molar-refractivity contribution >= 4 is 0 Å². The van der Waals surface area contributed by atoms with Gasteiger partial charge < -0.3 is 9.73 Å². The Morgan fingerprint density at radius 2 is 1.76 bits per heavy atom. The predicted octanol–water partition coefficient (Wildman–Crippen LogP) is 3.82. The number of aromatic nitrogens is 3. The van der Waals surface area contributed by atoms with Gasteiger partial charge in [-0.1, -0.05) is 18.2 Å². The SMILES string of the molecule is c1ccc(-n2cc(CNCc3ccco3)c(-c3ccncc3)n2)cc1. The molecule has 5 heteroatoms. The lowest BCUT2D eigenvalue weighted by atomic mass is 10.1. The number of para-hydroxylation sites is 1. The Morgan fingerprint density at radius 1 is 0.920 bits per heavy atom. The highest BCUT2D eigenvalue weighted by Gasteiger charge is 2.12. The molecule has 25 heavy (non-hydrogen) atoms. The Balaban J connectivity index is 1.62. The number of hydrogen-bond donors (Lipinski definition) is 1. The number of nitrogens with one attached hydrogen (secondary N) is 1. The zero-order valence-corrected chi connectivity index (χ0v) is 13.7. The summed E-state index contributed by atoms with van der Waals surface area (Å²) >= 11 is 0. The normalized spacial score (nSPS) is 10.9. The molecule has 3 heterocycles. The van der Waals surface area contributed by atoms with Gasteiger partial charge in [-0.05, 0) is 36.4 Å². The second-order valence-electron chi connectivity index (χ2n) is 5.70. The minimum atomic E-state index is 0.680. The number of hydrogen-bond acceptors (Lipinski definition) is 4. The Morgan fingerprint density at radius 3 is 2.52 bits per heavy atom. The summed E-state index contributed by atoms with van der Waals surface area (Å²) in [6.07, 6.45) is 7.33. The van der Waals surface area contributed by atoms with E-state index in [2.05, 4.69) is 16.5 Å². The highest BCUT2D eigenvalue weighted by atomic mass is 16.3. The molecule has 0 amide bonds. The van der Waals surface area contributed by atoms with Crippen LogP contribution < -0.4 is 5.32 Å². The Labute approximate surface area is 146 Å². The van der Waals surface area contributed by atoms with Crippen LogP contribution in [-0.4, -0.2) is 14.8 Å². The number of rotatable bonds is 6. The van der Waals surface area contributed by atoms with Crippen LogP contribution in [0, 0.1) is 0 Å². The van der Waals surface area contributed by atoms with Crippen LogP contribution in [0.15, 0.2) is 83.9 Å². The van der Waals surface area contributed by atoms with Gasteiger partial charge in [0.2, 0.25) is 0 Å². The third-order valence-corrected chi connectivity index (χ3v) is 3.96. The molecule has 0 saturated carbocycles. The average Bonchev–Trinajstić information content (AvgIpc) is 3.33. The third-order valence-electron chi connectivity index (χ3n) is 3.96. The molecule has 0 bridgehead atoms. The monoisotopic (exact) mass is 330 g/mol.